The lowest BCUT2D eigenvalue weighted by Crippen LogP contribution is -2.18. The van der Waals surface area contributed by atoms with Gasteiger partial charge in [-0.1, -0.05) is 24.3 Å². The van der Waals surface area contributed by atoms with E-state index in [0.717, 1.165) is 12.8 Å². The Labute approximate surface area is 110 Å². The highest BCUT2D eigenvalue weighted by Gasteiger charge is 2.11. The summed E-state index contributed by atoms with van der Waals surface area (Å²) in [5.41, 5.74) is 8.36. The molecule has 2 N–H and O–H groups in total. The largest absolute Gasteiger partial charge is 0.330 e. The third-order valence-corrected chi connectivity index (χ3v) is 4.26. The van der Waals surface area contributed by atoms with Crippen LogP contribution >= 0.6 is 0 Å². The van der Waals surface area contributed by atoms with Gasteiger partial charge in [0.15, 0.2) is 0 Å². The third kappa shape index (κ3) is 5.65. The van der Waals surface area contributed by atoms with E-state index >= 15 is 0 Å². The maximum atomic E-state index is 11.1. The summed E-state index contributed by atoms with van der Waals surface area (Å²) in [7, 11) is -2.85. The number of nitrogens with two attached hydrogens (primary N) is 1. The van der Waals surface area contributed by atoms with E-state index in [1.165, 1.54) is 17.4 Å². The first kappa shape index (κ1) is 15.2. The van der Waals surface area contributed by atoms with Crippen molar-refractivity contribution in [3.8, 4) is 0 Å². The zero-order chi connectivity index (χ0) is 13.6. The predicted octanol–water partition coefficient (Wildman–Crippen LogP) is 1.94. The Morgan fingerprint density at radius 2 is 1.94 bits per heavy atom. The third-order valence-electron chi connectivity index (χ3n) is 3.23. The summed E-state index contributed by atoms with van der Waals surface area (Å²) in [5, 5.41) is 0. The molecule has 0 aliphatic rings. The number of aryl methyl sites for hydroxylation is 1. The summed E-state index contributed by atoms with van der Waals surface area (Å²) in [6.07, 6.45) is 3.79. The van der Waals surface area contributed by atoms with Crippen molar-refractivity contribution in [1.29, 1.82) is 0 Å². The average molecular weight is 269 g/mol. The van der Waals surface area contributed by atoms with Gasteiger partial charge in [0, 0.05) is 12.0 Å². The van der Waals surface area contributed by atoms with E-state index in [0.29, 0.717) is 18.9 Å². The van der Waals surface area contributed by atoms with Crippen molar-refractivity contribution in [3.05, 3.63) is 35.4 Å². The van der Waals surface area contributed by atoms with Gasteiger partial charge in [-0.05, 0) is 49.8 Å². The zero-order valence-electron chi connectivity index (χ0n) is 11.2. The Hall–Kier alpha value is -0.870. The van der Waals surface area contributed by atoms with E-state index in [4.69, 9.17) is 5.73 Å². The van der Waals surface area contributed by atoms with Crippen LogP contribution in [0.5, 0.6) is 0 Å². The van der Waals surface area contributed by atoms with Crippen molar-refractivity contribution < 1.29 is 8.42 Å². The molecule has 0 radical (unpaired) electrons. The molecule has 1 atom stereocenters. The minimum absolute atomic E-state index is 0.261. The number of hydrogen-bond donors (Lipinski definition) is 1. The molecule has 0 aliphatic heterocycles. The minimum Gasteiger partial charge on any atom is -0.330 e. The molecule has 0 heterocycles. The highest BCUT2D eigenvalue weighted by atomic mass is 32.2. The van der Waals surface area contributed by atoms with Crippen LogP contribution in [0.25, 0.3) is 0 Å². The molecule has 0 amide bonds. The van der Waals surface area contributed by atoms with Crippen molar-refractivity contribution in [2.45, 2.75) is 26.2 Å². The van der Waals surface area contributed by atoms with Gasteiger partial charge >= 0.3 is 0 Å². The van der Waals surface area contributed by atoms with E-state index < -0.39 is 9.84 Å². The van der Waals surface area contributed by atoms with Gasteiger partial charge in [-0.3, -0.25) is 0 Å². The number of hydrogen-bond acceptors (Lipinski definition) is 3. The number of benzene rings is 1. The molecule has 0 spiro atoms. The molecule has 0 fully saturated rings. The molecular weight excluding hydrogens is 246 g/mol. The van der Waals surface area contributed by atoms with E-state index in [9.17, 15) is 8.42 Å². The lowest BCUT2D eigenvalue weighted by atomic mass is 9.93. The van der Waals surface area contributed by atoms with Gasteiger partial charge in [-0.25, -0.2) is 8.42 Å². The van der Waals surface area contributed by atoms with Crippen molar-refractivity contribution in [2.75, 3.05) is 18.6 Å². The van der Waals surface area contributed by atoms with Crippen LogP contribution in [0.1, 0.15) is 24.0 Å². The second-order valence-electron chi connectivity index (χ2n) is 5.00. The predicted molar refractivity (Wildman–Crippen MR) is 76.4 cm³/mol. The normalized spacial score (nSPS) is 13.5. The standard InChI is InChI=1S/C14H23NO2S/c1-12-6-3-4-8-14(12)10-13(11-15)7-5-9-18(2,16)17/h3-4,6,8,13H,5,7,9-11,15H2,1-2H3. The summed E-state index contributed by atoms with van der Waals surface area (Å²) in [6, 6.07) is 8.28. The van der Waals surface area contributed by atoms with Crippen molar-refractivity contribution >= 4 is 9.84 Å². The van der Waals surface area contributed by atoms with Gasteiger partial charge in [-0.15, -0.1) is 0 Å². The fourth-order valence-electron chi connectivity index (χ4n) is 2.09. The molecule has 1 aromatic rings. The van der Waals surface area contributed by atoms with Gasteiger partial charge in [-0.2, -0.15) is 0 Å². The summed E-state index contributed by atoms with van der Waals surface area (Å²) < 4.78 is 22.2. The summed E-state index contributed by atoms with van der Waals surface area (Å²) in [6.45, 7) is 2.71. The Morgan fingerprint density at radius 3 is 2.50 bits per heavy atom. The van der Waals surface area contributed by atoms with Gasteiger partial charge in [0.1, 0.15) is 9.84 Å². The van der Waals surface area contributed by atoms with Crippen LogP contribution in [0.2, 0.25) is 0 Å². The molecule has 1 aromatic carbocycles. The topological polar surface area (TPSA) is 60.2 Å². The Balaban J connectivity index is 2.50. The molecule has 102 valence electrons. The van der Waals surface area contributed by atoms with Crippen LogP contribution in [0.3, 0.4) is 0 Å². The van der Waals surface area contributed by atoms with Gasteiger partial charge in [0.25, 0.3) is 0 Å². The minimum atomic E-state index is -2.85. The summed E-state index contributed by atoms with van der Waals surface area (Å²) in [4.78, 5) is 0. The zero-order valence-corrected chi connectivity index (χ0v) is 12.0. The van der Waals surface area contributed by atoms with Crippen LogP contribution in [0, 0.1) is 12.8 Å². The molecule has 0 aromatic heterocycles. The molecular formula is C14H23NO2S. The summed E-state index contributed by atoms with van der Waals surface area (Å²) >= 11 is 0. The fraction of sp³-hybridized carbons (Fsp3) is 0.571. The maximum Gasteiger partial charge on any atom is 0.147 e. The van der Waals surface area contributed by atoms with Crippen molar-refractivity contribution in [1.82, 2.24) is 0 Å². The first-order valence-electron chi connectivity index (χ1n) is 6.34. The average Bonchev–Trinajstić information content (AvgIpc) is 2.29. The van der Waals surface area contributed by atoms with E-state index in [2.05, 4.69) is 19.1 Å². The lowest BCUT2D eigenvalue weighted by Gasteiger charge is -2.15. The highest BCUT2D eigenvalue weighted by Crippen LogP contribution is 2.16. The van der Waals surface area contributed by atoms with Crippen LogP contribution < -0.4 is 5.73 Å². The molecule has 18 heavy (non-hydrogen) atoms. The van der Waals surface area contributed by atoms with Gasteiger partial charge in [0.05, 0.1) is 0 Å². The van der Waals surface area contributed by atoms with Crippen LogP contribution in [-0.2, 0) is 16.3 Å². The smallest absolute Gasteiger partial charge is 0.147 e. The van der Waals surface area contributed by atoms with E-state index in [1.54, 1.807) is 0 Å². The van der Waals surface area contributed by atoms with E-state index in [-0.39, 0.29) is 5.75 Å². The molecule has 4 heteroatoms. The van der Waals surface area contributed by atoms with E-state index in [1.807, 2.05) is 12.1 Å². The molecule has 0 saturated carbocycles. The lowest BCUT2D eigenvalue weighted by molar-refractivity contribution is 0.485. The molecule has 3 nitrogen and oxygen atoms in total. The van der Waals surface area contributed by atoms with Crippen LogP contribution in [0.4, 0.5) is 0 Å². The SMILES string of the molecule is Cc1ccccc1CC(CN)CCCS(C)(=O)=O. The second-order valence-corrected chi connectivity index (χ2v) is 7.26. The Morgan fingerprint density at radius 1 is 1.28 bits per heavy atom. The first-order chi connectivity index (χ1) is 8.42. The molecule has 1 rings (SSSR count). The van der Waals surface area contributed by atoms with Crippen LogP contribution in [-0.4, -0.2) is 27.0 Å². The van der Waals surface area contributed by atoms with Gasteiger partial charge < -0.3 is 5.73 Å². The van der Waals surface area contributed by atoms with Crippen LogP contribution in [0.15, 0.2) is 24.3 Å². The Bertz CT molecular complexity index is 468. The van der Waals surface area contributed by atoms with Gasteiger partial charge in [0.2, 0.25) is 0 Å². The van der Waals surface area contributed by atoms with Crippen molar-refractivity contribution in [3.63, 3.8) is 0 Å². The maximum absolute atomic E-state index is 11.1. The second kappa shape index (κ2) is 6.90. The molecule has 0 bridgehead atoms. The summed E-state index contributed by atoms with van der Waals surface area (Å²) in [5.74, 6) is 0.630. The Kier molecular flexibility index (Phi) is 5.82. The first-order valence-corrected chi connectivity index (χ1v) is 8.40. The fourth-order valence-corrected chi connectivity index (χ4v) is 2.78. The molecule has 1 unspecified atom stereocenters. The number of sulfone groups is 1. The number of rotatable bonds is 7. The van der Waals surface area contributed by atoms with Crippen molar-refractivity contribution in [2.24, 2.45) is 11.7 Å². The highest BCUT2D eigenvalue weighted by molar-refractivity contribution is 7.90. The molecule has 0 saturated heterocycles. The monoisotopic (exact) mass is 269 g/mol. The molecule has 0 aliphatic carbocycles. The quantitative estimate of drug-likeness (QED) is 0.823.